The van der Waals surface area contributed by atoms with E-state index in [0.29, 0.717) is 39.2 Å². The van der Waals surface area contributed by atoms with Crippen LogP contribution in [-0.2, 0) is 0 Å². The number of hydrogen-bond donors (Lipinski definition) is 8. The summed E-state index contributed by atoms with van der Waals surface area (Å²) in [5.74, 6) is -11.1. The van der Waals surface area contributed by atoms with Crippen molar-refractivity contribution < 1.29 is 57.7 Å². The second-order valence-electron chi connectivity index (χ2n) is 14.7. The topological polar surface area (TPSA) is 205 Å². The van der Waals surface area contributed by atoms with Crippen LogP contribution in [0, 0.1) is 23.3 Å². The van der Waals surface area contributed by atoms with Crippen molar-refractivity contribution in [2.24, 2.45) is 0 Å². The highest BCUT2D eigenvalue weighted by Crippen LogP contribution is 2.44. The Bertz CT molecular complexity index is 3210. The Morgan fingerprint density at radius 2 is 1.05 bits per heavy atom. The van der Waals surface area contributed by atoms with Crippen molar-refractivity contribution in [2.75, 3.05) is 13.2 Å². The van der Waals surface area contributed by atoms with Crippen LogP contribution in [0.5, 0.6) is 23.0 Å². The zero-order chi connectivity index (χ0) is 44.3. The molecule has 1 unspecified atom stereocenters. The second-order valence-corrected chi connectivity index (χ2v) is 14.7. The van der Waals surface area contributed by atoms with Crippen LogP contribution < -0.4 is 4.74 Å². The molecule has 2 aliphatic heterocycles. The number of aliphatic hydroxyl groups is 3. The molecule has 8 N–H and O–H groups in total. The van der Waals surface area contributed by atoms with Crippen LogP contribution in [0.4, 0.5) is 17.6 Å². The molecular weight excluding hydrogens is 825 g/mol. The molecule has 5 heterocycles. The number of H-pyrrole nitrogens is 2. The molecule has 0 saturated carbocycles. The molecule has 8 bridgehead atoms. The number of carbonyl (C=O) groups is 1. The standard InChI is InChI=1S/C47H32F4N4O8/c48-39-38(40(49)42(51)47(41(39)50)63-20-27(60)19-56)37-33-15-13-31(54-33)35(22-5-2-8-25(58)17-22)29-11-10-28(52-29)34(21-4-1-7-24(57)16-21)30-12-14-32(53-30)36(23-6-3-9-26(59)18-23)43-45(61)46(62)44(37)55-43/h1-18,27,46,53-54,56-60,62H,19-20H2/t27?,46-/m1/s1. The quantitative estimate of drug-likeness (QED) is 0.0541. The number of halogens is 4. The highest BCUT2D eigenvalue weighted by molar-refractivity contribution is 6.10. The number of Topliss-reactive ketones (excluding diaryl/α,β-unsaturated/α-hetero) is 1. The Balaban J connectivity index is 1.49. The first-order chi connectivity index (χ1) is 30.3. The van der Waals surface area contributed by atoms with Gasteiger partial charge in [0.2, 0.25) is 17.4 Å². The van der Waals surface area contributed by atoms with Gasteiger partial charge in [0, 0.05) is 44.3 Å². The number of fused-ring (bicyclic) bond motifs is 8. The fraction of sp³-hybridized carbons (Fsp3) is 0.0851. The summed E-state index contributed by atoms with van der Waals surface area (Å²) in [6, 6.07) is 24.2. The number of ketones is 1. The largest absolute Gasteiger partial charge is 0.508 e. The number of aromatic nitrogens is 4. The molecule has 9 rings (SSSR count). The minimum atomic E-state index is -2.29. The number of nitrogens with one attached hydrogen (secondary N) is 2. The lowest BCUT2D eigenvalue weighted by molar-refractivity contribution is 0.0504. The molecule has 3 aromatic heterocycles. The lowest BCUT2D eigenvalue weighted by Crippen LogP contribution is -2.22. The molecule has 16 heteroatoms. The molecule has 0 saturated heterocycles. The normalized spacial score (nSPS) is 14.0. The number of phenolic OH excluding ortho intramolecular Hbond substituents is 3. The number of aromatic hydroxyl groups is 3. The zero-order valence-electron chi connectivity index (χ0n) is 32.4. The first-order valence-electron chi connectivity index (χ1n) is 19.2. The third-order valence-corrected chi connectivity index (χ3v) is 10.6. The van der Waals surface area contributed by atoms with E-state index in [1.807, 2.05) is 0 Å². The molecule has 7 aromatic rings. The third-order valence-electron chi connectivity index (χ3n) is 10.6. The molecule has 2 aliphatic rings. The van der Waals surface area contributed by atoms with Gasteiger partial charge in [0.25, 0.3) is 0 Å². The Morgan fingerprint density at radius 1 is 0.603 bits per heavy atom. The lowest BCUT2D eigenvalue weighted by Gasteiger charge is -2.16. The third kappa shape index (κ3) is 7.11. The summed E-state index contributed by atoms with van der Waals surface area (Å²) < 4.78 is 69.7. The molecule has 0 spiro atoms. The number of nitrogens with zero attached hydrogens (tertiary/aromatic N) is 2. The van der Waals surface area contributed by atoms with E-state index in [1.165, 1.54) is 60.7 Å². The van der Waals surface area contributed by atoms with Crippen LogP contribution in [0.15, 0.2) is 97.1 Å². The van der Waals surface area contributed by atoms with E-state index in [2.05, 4.69) is 15.0 Å². The van der Waals surface area contributed by atoms with Gasteiger partial charge in [0.15, 0.2) is 23.5 Å². The molecule has 63 heavy (non-hydrogen) atoms. The number of phenols is 3. The molecule has 0 amide bonds. The van der Waals surface area contributed by atoms with Crippen molar-refractivity contribution in [1.29, 1.82) is 0 Å². The zero-order valence-corrected chi connectivity index (χ0v) is 32.4. The number of rotatable bonds is 8. The fourth-order valence-corrected chi connectivity index (χ4v) is 7.75. The van der Waals surface area contributed by atoms with Gasteiger partial charge in [-0.2, -0.15) is 8.78 Å². The van der Waals surface area contributed by atoms with Gasteiger partial charge in [0.1, 0.15) is 35.7 Å². The summed E-state index contributed by atoms with van der Waals surface area (Å²) in [5.41, 5.74) is -0.215. The van der Waals surface area contributed by atoms with Crippen molar-refractivity contribution in [1.82, 2.24) is 19.9 Å². The highest BCUT2D eigenvalue weighted by atomic mass is 19.2. The minimum Gasteiger partial charge on any atom is -0.508 e. The SMILES string of the molecule is O=C1c2nc(c(-c3c(F)c(F)c(OCC(O)CO)c(F)c3F)c3ccc([nH]3)c(-c3cccc(O)c3)c3nc(c(-c4cccc(O)c4)c4ccc([nH]4)c2-c2cccc(O)c2)C=C3)[C@H]1O. The summed E-state index contributed by atoms with van der Waals surface area (Å²) in [6.45, 7) is -1.83. The summed E-state index contributed by atoms with van der Waals surface area (Å²) >= 11 is 0. The van der Waals surface area contributed by atoms with E-state index in [0.717, 1.165) is 0 Å². The average molecular weight is 857 g/mol. The van der Waals surface area contributed by atoms with Crippen molar-refractivity contribution >= 4 is 40.0 Å². The molecular formula is C47H32F4N4O8. The number of benzene rings is 4. The van der Waals surface area contributed by atoms with E-state index in [9.17, 15) is 30.3 Å². The summed E-state index contributed by atoms with van der Waals surface area (Å²) in [5, 5.41) is 62.5. The number of carbonyl (C=O) groups excluding carboxylic acids is 1. The van der Waals surface area contributed by atoms with Crippen LogP contribution >= 0.6 is 0 Å². The molecule has 0 aliphatic carbocycles. The number of hydrogen-bond acceptors (Lipinski definition) is 10. The maximum Gasteiger partial charge on any atom is 0.216 e. The van der Waals surface area contributed by atoms with Gasteiger partial charge in [-0.1, -0.05) is 36.4 Å². The maximum absolute atomic E-state index is 16.5. The summed E-state index contributed by atoms with van der Waals surface area (Å²) in [7, 11) is 0. The van der Waals surface area contributed by atoms with Gasteiger partial charge < -0.3 is 45.3 Å². The van der Waals surface area contributed by atoms with E-state index in [-0.39, 0.29) is 44.9 Å². The van der Waals surface area contributed by atoms with E-state index >= 15 is 17.6 Å². The van der Waals surface area contributed by atoms with Crippen molar-refractivity contribution in [2.45, 2.75) is 12.2 Å². The summed E-state index contributed by atoms with van der Waals surface area (Å²) in [6.07, 6.45) is -0.567. The molecule has 4 aromatic carbocycles. The number of ether oxygens (including phenoxy) is 1. The molecule has 12 nitrogen and oxygen atoms in total. The maximum atomic E-state index is 16.5. The van der Waals surface area contributed by atoms with Gasteiger partial charge in [-0.25, -0.2) is 18.7 Å². The van der Waals surface area contributed by atoms with Gasteiger partial charge >= 0.3 is 0 Å². The highest BCUT2D eigenvalue weighted by Gasteiger charge is 2.38. The van der Waals surface area contributed by atoms with Gasteiger partial charge in [0.05, 0.1) is 29.3 Å². The smallest absolute Gasteiger partial charge is 0.216 e. The van der Waals surface area contributed by atoms with Crippen molar-refractivity contribution in [3.63, 3.8) is 0 Å². The number of aromatic amines is 2. The molecule has 0 fully saturated rings. The van der Waals surface area contributed by atoms with Crippen LogP contribution in [0.3, 0.4) is 0 Å². The van der Waals surface area contributed by atoms with Crippen molar-refractivity contribution in [3.8, 4) is 67.5 Å². The Kier molecular flexibility index (Phi) is 10.3. The van der Waals surface area contributed by atoms with Crippen LogP contribution in [-0.4, -0.2) is 75.7 Å². The van der Waals surface area contributed by atoms with Gasteiger partial charge in [-0.15, -0.1) is 0 Å². The Labute approximate surface area is 353 Å². The van der Waals surface area contributed by atoms with Crippen molar-refractivity contribution in [3.05, 3.63) is 143 Å². The molecule has 316 valence electrons. The first kappa shape index (κ1) is 40.6. The first-order valence-corrected chi connectivity index (χ1v) is 19.2. The average Bonchev–Trinajstić information content (AvgIpc) is 4.10. The molecule has 0 radical (unpaired) electrons. The second kappa shape index (κ2) is 15.9. The van der Waals surface area contributed by atoms with Crippen LogP contribution in [0.2, 0.25) is 0 Å². The van der Waals surface area contributed by atoms with Crippen LogP contribution in [0.25, 0.3) is 78.7 Å². The molecule has 2 atom stereocenters. The Morgan fingerprint density at radius 3 is 1.51 bits per heavy atom. The monoisotopic (exact) mass is 856 g/mol. The minimum absolute atomic E-state index is 0.00484. The van der Waals surface area contributed by atoms with Crippen LogP contribution in [0.1, 0.15) is 33.7 Å². The van der Waals surface area contributed by atoms with E-state index < -0.39 is 82.7 Å². The number of aliphatic hydroxyl groups excluding tert-OH is 3. The van der Waals surface area contributed by atoms with Gasteiger partial charge in [-0.05, 0) is 89.5 Å². The predicted molar refractivity (Wildman–Crippen MR) is 224 cm³/mol. The fourth-order valence-electron chi connectivity index (χ4n) is 7.75. The van der Waals surface area contributed by atoms with E-state index in [4.69, 9.17) is 14.8 Å². The van der Waals surface area contributed by atoms with Gasteiger partial charge in [-0.3, -0.25) is 4.79 Å². The van der Waals surface area contributed by atoms with E-state index in [1.54, 1.807) is 48.6 Å². The summed E-state index contributed by atoms with van der Waals surface area (Å²) in [4.78, 5) is 30.2. The Hall–Kier alpha value is -7.79. The predicted octanol–water partition coefficient (Wildman–Crippen LogP) is 8.47. The lowest BCUT2D eigenvalue weighted by atomic mass is 9.97.